The van der Waals surface area contributed by atoms with E-state index in [-0.39, 0.29) is 40.6 Å². The van der Waals surface area contributed by atoms with Crippen LogP contribution in [0.5, 0.6) is 0 Å². The summed E-state index contributed by atoms with van der Waals surface area (Å²) in [5.74, 6) is 0. The SMILES string of the molecule is C1=C(c2ccccc2)c2cc3c(cc2C1)CCC3.[H-].[H-].[Li+].[Li+]. The van der Waals surface area contributed by atoms with Crippen molar-refractivity contribution in [2.75, 3.05) is 0 Å². The van der Waals surface area contributed by atoms with Gasteiger partial charge in [0.25, 0.3) is 0 Å². The van der Waals surface area contributed by atoms with E-state index in [9.17, 15) is 0 Å². The van der Waals surface area contributed by atoms with Gasteiger partial charge in [-0.1, -0.05) is 48.5 Å². The van der Waals surface area contributed by atoms with Gasteiger partial charge in [-0.3, -0.25) is 0 Å². The summed E-state index contributed by atoms with van der Waals surface area (Å²) < 4.78 is 0. The molecule has 0 heterocycles. The number of fused-ring (bicyclic) bond motifs is 2. The van der Waals surface area contributed by atoms with E-state index in [1.165, 1.54) is 41.5 Å². The molecule has 0 amide bonds. The van der Waals surface area contributed by atoms with E-state index < -0.39 is 0 Å². The van der Waals surface area contributed by atoms with Crippen molar-refractivity contribution in [1.82, 2.24) is 0 Å². The molecule has 0 fully saturated rings. The maximum Gasteiger partial charge on any atom is 1.00 e. The molecule has 0 unspecified atom stereocenters. The molecule has 2 aliphatic carbocycles. The van der Waals surface area contributed by atoms with Gasteiger partial charge in [0.1, 0.15) is 0 Å². The largest absolute Gasteiger partial charge is 1.00 e. The van der Waals surface area contributed by atoms with Gasteiger partial charge in [-0.15, -0.1) is 0 Å². The first kappa shape index (κ1) is 15.8. The number of benzene rings is 2. The smallest absolute Gasteiger partial charge is 1.00 e. The number of rotatable bonds is 1. The van der Waals surface area contributed by atoms with Crippen LogP contribution in [0.1, 0.15) is 37.1 Å². The van der Waals surface area contributed by atoms with E-state index in [1.54, 1.807) is 11.1 Å². The van der Waals surface area contributed by atoms with Crippen LogP contribution in [0.4, 0.5) is 0 Å². The molecule has 0 saturated heterocycles. The molecule has 2 aromatic rings. The maximum atomic E-state index is 2.45. The molecule has 0 nitrogen and oxygen atoms in total. The van der Waals surface area contributed by atoms with Crippen molar-refractivity contribution in [3.8, 4) is 0 Å². The fourth-order valence-corrected chi connectivity index (χ4v) is 3.31. The topological polar surface area (TPSA) is 0 Å². The van der Waals surface area contributed by atoms with Crippen molar-refractivity contribution < 1.29 is 40.6 Å². The van der Waals surface area contributed by atoms with E-state index in [0.29, 0.717) is 0 Å². The summed E-state index contributed by atoms with van der Waals surface area (Å²) in [6.45, 7) is 0. The third-order valence-electron chi connectivity index (χ3n) is 4.22. The van der Waals surface area contributed by atoms with E-state index in [4.69, 9.17) is 0 Å². The maximum absolute atomic E-state index is 2.45. The van der Waals surface area contributed by atoms with Crippen molar-refractivity contribution >= 4 is 5.57 Å². The summed E-state index contributed by atoms with van der Waals surface area (Å²) >= 11 is 0. The van der Waals surface area contributed by atoms with Crippen LogP contribution >= 0.6 is 0 Å². The summed E-state index contributed by atoms with van der Waals surface area (Å²) in [4.78, 5) is 0. The quantitative estimate of drug-likeness (QED) is 0.533. The van der Waals surface area contributed by atoms with Crippen molar-refractivity contribution in [3.63, 3.8) is 0 Å². The van der Waals surface area contributed by atoms with Crippen LogP contribution in [0.25, 0.3) is 5.57 Å². The Labute approximate surface area is 148 Å². The summed E-state index contributed by atoms with van der Waals surface area (Å²) in [5, 5.41) is 0. The Bertz CT molecular complexity index is 652. The van der Waals surface area contributed by atoms with Crippen LogP contribution in [-0.4, -0.2) is 0 Å². The zero-order valence-electron chi connectivity index (χ0n) is 14.4. The molecule has 0 aliphatic heterocycles. The zero-order chi connectivity index (χ0) is 11.9. The van der Waals surface area contributed by atoms with Gasteiger partial charge in [-0.25, -0.2) is 0 Å². The Morgan fingerprint density at radius 2 is 1.50 bits per heavy atom. The molecule has 0 N–H and O–H groups in total. The van der Waals surface area contributed by atoms with E-state index in [0.717, 1.165) is 6.42 Å². The standard InChI is InChI=1S/C18H16.2Li.2H/c1-2-5-13(6-3-1)17-10-9-16-11-14-7-4-8-15(14)12-18(16)17;;;;/h1-3,5-6,10-12H,4,7-9H2;;;;/q;2*+1;2*-1. The molecular weight excluding hydrogens is 230 g/mol. The van der Waals surface area contributed by atoms with Gasteiger partial charge >= 0.3 is 37.7 Å². The van der Waals surface area contributed by atoms with Crippen LogP contribution in [-0.2, 0) is 19.3 Å². The Balaban J connectivity index is 0.00000110. The second-order valence-electron chi connectivity index (χ2n) is 5.32. The average Bonchev–Trinajstić information content (AvgIpc) is 3.02. The Kier molecular flexibility index (Phi) is 5.06. The molecule has 2 aliphatic rings. The summed E-state index contributed by atoms with van der Waals surface area (Å²) in [6, 6.07) is 15.7. The predicted molar refractivity (Wildman–Crippen MR) is 77.9 cm³/mol. The predicted octanol–water partition coefficient (Wildman–Crippen LogP) is -1.60. The van der Waals surface area contributed by atoms with E-state index in [1.807, 2.05) is 0 Å². The number of allylic oxidation sites excluding steroid dienone is 1. The van der Waals surface area contributed by atoms with Crippen molar-refractivity contribution in [2.45, 2.75) is 25.7 Å². The van der Waals surface area contributed by atoms with Crippen molar-refractivity contribution in [2.24, 2.45) is 0 Å². The van der Waals surface area contributed by atoms with Crippen LogP contribution in [0.3, 0.4) is 0 Å². The Morgan fingerprint density at radius 1 is 0.800 bits per heavy atom. The van der Waals surface area contributed by atoms with Gasteiger partial charge in [0.05, 0.1) is 0 Å². The monoisotopic (exact) mass is 248 g/mol. The van der Waals surface area contributed by atoms with Crippen LogP contribution < -0.4 is 37.7 Å². The third kappa shape index (κ3) is 2.59. The normalized spacial score (nSPS) is 14.7. The minimum atomic E-state index is 0. The Hall–Kier alpha value is -0.625. The molecule has 0 aromatic heterocycles. The average molecular weight is 248 g/mol. The third-order valence-corrected chi connectivity index (χ3v) is 4.22. The zero-order valence-corrected chi connectivity index (χ0v) is 12.4. The molecule has 92 valence electrons. The molecular formula is C18H18Li2. The second-order valence-corrected chi connectivity index (χ2v) is 5.32. The van der Waals surface area contributed by atoms with Crippen LogP contribution in [0.2, 0.25) is 0 Å². The fraction of sp³-hybridized carbons (Fsp3) is 0.222. The van der Waals surface area contributed by atoms with Gasteiger partial charge in [-0.2, -0.15) is 0 Å². The van der Waals surface area contributed by atoms with Crippen LogP contribution in [0, 0.1) is 0 Å². The van der Waals surface area contributed by atoms with Gasteiger partial charge in [0.2, 0.25) is 0 Å². The van der Waals surface area contributed by atoms with Crippen molar-refractivity contribution in [1.29, 1.82) is 0 Å². The Morgan fingerprint density at radius 3 is 2.25 bits per heavy atom. The number of aryl methyl sites for hydroxylation is 2. The molecule has 2 aromatic carbocycles. The van der Waals surface area contributed by atoms with Crippen LogP contribution in [0.15, 0.2) is 48.5 Å². The van der Waals surface area contributed by atoms with Gasteiger partial charge < -0.3 is 2.85 Å². The fourth-order valence-electron chi connectivity index (χ4n) is 3.31. The molecule has 20 heavy (non-hydrogen) atoms. The summed E-state index contributed by atoms with van der Waals surface area (Å²) in [5.41, 5.74) is 8.96. The van der Waals surface area contributed by atoms with E-state index in [2.05, 4.69) is 48.5 Å². The molecule has 2 heteroatoms. The second kappa shape index (κ2) is 6.43. The minimum absolute atomic E-state index is 0. The van der Waals surface area contributed by atoms with Gasteiger partial charge in [0.15, 0.2) is 0 Å². The first-order valence-corrected chi connectivity index (χ1v) is 6.82. The number of hydrogen-bond acceptors (Lipinski definition) is 0. The molecule has 4 rings (SSSR count). The molecule has 0 atom stereocenters. The number of hydrogen-bond donors (Lipinski definition) is 0. The van der Waals surface area contributed by atoms with Gasteiger partial charge in [-0.05, 0) is 59.1 Å². The molecule has 0 spiro atoms. The summed E-state index contributed by atoms with van der Waals surface area (Å²) in [7, 11) is 0. The first-order valence-electron chi connectivity index (χ1n) is 6.82. The molecule has 0 saturated carbocycles. The molecule has 0 bridgehead atoms. The minimum Gasteiger partial charge on any atom is -1.00 e. The van der Waals surface area contributed by atoms with Crippen molar-refractivity contribution in [3.05, 3.63) is 76.4 Å². The summed E-state index contributed by atoms with van der Waals surface area (Å²) in [6.07, 6.45) is 7.37. The molecule has 0 radical (unpaired) electrons. The van der Waals surface area contributed by atoms with E-state index >= 15 is 0 Å². The first-order chi connectivity index (χ1) is 8.92. The van der Waals surface area contributed by atoms with Gasteiger partial charge in [0, 0.05) is 0 Å².